The van der Waals surface area contributed by atoms with Crippen LogP contribution in [0.1, 0.15) is 5.56 Å². The molecule has 3 nitrogen and oxygen atoms in total. The van der Waals surface area contributed by atoms with E-state index in [0.29, 0.717) is 18.8 Å². The molecule has 4 heteroatoms. The van der Waals surface area contributed by atoms with E-state index in [2.05, 4.69) is 5.32 Å². The number of halogens is 1. The number of nitrogens with one attached hydrogen (secondary N) is 1. The Kier molecular flexibility index (Phi) is 4.52. The lowest BCUT2D eigenvalue weighted by molar-refractivity contribution is 0.619. The molecule has 0 aliphatic heterocycles. The van der Waals surface area contributed by atoms with Crippen molar-refractivity contribution in [2.75, 3.05) is 32.1 Å². The topological polar surface area (TPSA) is 41.3 Å². The highest BCUT2D eigenvalue weighted by atomic mass is 19.1. The molecule has 0 saturated heterocycles. The maximum atomic E-state index is 13.5. The Bertz CT molecular complexity index is 313. The van der Waals surface area contributed by atoms with E-state index in [0.717, 1.165) is 12.1 Å². The van der Waals surface area contributed by atoms with Crippen LogP contribution >= 0.6 is 0 Å². The SMILES string of the molecule is CN(C)c1ccc(CNCCN)cc1F. The van der Waals surface area contributed by atoms with Crippen LogP contribution in [0.25, 0.3) is 0 Å². The molecule has 0 atom stereocenters. The van der Waals surface area contributed by atoms with Gasteiger partial charge in [-0.1, -0.05) is 6.07 Å². The molecule has 0 aromatic heterocycles. The molecule has 15 heavy (non-hydrogen) atoms. The normalized spacial score (nSPS) is 10.4. The summed E-state index contributed by atoms with van der Waals surface area (Å²) in [4.78, 5) is 1.76. The van der Waals surface area contributed by atoms with Gasteiger partial charge in [-0.3, -0.25) is 0 Å². The Hall–Kier alpha value is -1.13. The smallest absolute Gasteiger partial charge is 0.146 e. The Balaban J connectivity index is 2.65. The Labute approximate surface area is 90.1 Å². The summed E-state index contributed by atoms with van der Waals surface area (Å²) in [6, 6.07) is 5.26. The van der Waals surface area contributed by atoms with Gasteiger partial charge in [-0.2, -0.15) is 0 Å². The van der Waals surface area contributed by atoms with Crippen molar-refractivity contribution in [1.29, 1.82) is 0 Å². The number of benzene rings is 1. The van der Waals surface area contributed by atoms with Gasteiger partial charge in [0.15, 0.2) is 0 Å². The third-order valence-electron chi connectivity index (χ3n) is 2.14. The van der Waals surface area contributed by atoms with Crippen LogP contribution in [0, 0.1) is 5.82 Å². The van der Waals surface area contributed by atoms with Gasteiger partial charge in [0.25, 0.3) is 0 Å². The molecule has 0 bridgehead atoms. The molecule has 1 aromatic carbocycles. The monoisotopic (exact) mass is 211 g/mol. The van der Waals surface area contributed by atoms with Gasteiger partial charge < -0.3 is 16.0 Å². The summed E-state index contributed by atoms with van der Waals surface area (Å²) in [5, 5.41) is 3.12. The van der Waals surface area contributed by atoms with Gasteiger partial charge in [0.1, 0.15) is 5.82 Å². The molecule has 0 saturated carbocycles. The first-order chi connectivity index (χ1) is 7.15. The van der Waals surface area contributed by atoms with Crippen LogP contribution in [0.5, 0.6) is 0 Å². The van der Waals surface area contributed by atoms with Gasteiger partial charge in [-0.05, 0) is 17.7 Å². The van der Waals surface area contributed by atoms with E-state index in [1.165, 1.54) is 0 Å². The lowest BCUT2D eigenvalue weighted by Crippen LogP contribution is -2.22. The first kappa shape index (κ1) is 11.9. The van der Waals surface area contributed by atoms with Crippen LogP contribution in [-0.4, -0.2) is 27.2 Å². The standard InChI is InChI=1S/C11H18FN3/c1-15(2)11-4-3-9(7-10(11)12)8-14-6-5-13/h3-4,7,14H,5-6,8,13H2,1-2H3. The average molecular weight is 211 g/mol. The molecule has 0 unspecified atom stereocenters. The summed E-state index contributed by atoms with van der Waals surface area (Å²) in [6.07, 6.45) is 0. The van der Waals surface area contributed by atoms with Crippen molar-refractivity contribution < 1.29 is 4.39 Å². The van der Waals surface area contributed by atoms with Gasteiger partial charge in [-0.25, -0.2) is 4.39 Å². The van der Waals surface area contributed by atoms with Gasteiger partial charge in [0, 0.05) is 33.7 Å². The molecule has 0 radical (unpaired) electrons. The van der Waals surface area contributed by atoms with Crippen molar-refractivity contribution in [3.63, 3.8) is 0 Å². The van der Waals surface area contributed by atoms with Crippen molar-refractivity contribution in [2.45, 2.75) is 6.54 Å². The third-order valence-corrected chi connectivity index (χ3v) is 2.14. The Morgan fingerprint density at radius 1 is 1.40 bits per heavy atom. The lowest BCUT2D eigenvalue weighted by atomic mass is 10.2. The highest BCUT2D eigenvalue weighted by Crippen LogP contribution is 2.17. The summed E-state index contributed by atoms with van der Waals surface area (Å²) in [5.74, 6) is -0.188. The zero-order valence-electron chi connectivity index (χ0n) is 9.26. The zero-order valence-corrected chi connectivity index (χ0v) is 9.26. The predicted octanol–water partition coefficient (Wildman–Crippen LogP) is 0.940. The largest absolute Gasteiger partial charge is 0.375 e. The number of anilines is 1. The predicted molar refractivity (Wildman–Crippen MR) is 61.5 cm³/mol. The summed E-state index contributed by atoms with van der Waals surface area (Å²) >= 11 is 0. The van der Waals surface area contributed by atoms with Crippen molar-refractivity contribution in [3.05, 3.63) is 29.6 Å². The second-order valence-electron chi connectivity index (χ2n) is 3.65. The summed E-state index contributed by atoms with van der Waals surface area (Å²) < 4.78 is 13.5. The van der Waals surface area contributed by atoms with Crippen LogP contribution in [0.15, 0.2) is 18.2 Å². The molecule has 0 spiro atoms. The van der Waals surface area contributed by atoms with E-state index >= 15 is 0 Å². The van der Waals surface area contributed by atoms with Crippen LogP contribution in [0.2, 0.25) is 0 Å². The molecular weight excluding hydrogens is 193 g/mol. The lowest BCUT2D eigenvalue weighted by Gasteiger charge is -2.14. The highest BCUT2D eigenvalue weighted by molar-refractivity contribution is 5.47. The maximum absolute atomic E-state index is 13.5. The fourth-order valence-corrected chi connectivity index (χ4v) is 1.36. The second kappa shape index (κ2) is 5.68. The number of hydrogen-bond donors (Lipinski definition) is 2. The number of nitrogens with two attached hydrogens (primary N) is 1. The van der Waals surface area contributed by atoms with Crippen LogP contribution < -0.4 is 16.0 Å². The second-order valence-corrected chi connectivity index (χ2v) is 3.65. The molecular formula is C11H18FN3. The summed E-state index contributed by atoms with van der Waals surface area (Å²) in [6.45, 7) is 2.00. The summed E-state index contributed by atoms with van der Waals surface area (Å²) in [5.41, 5.74) is 6.89. The van der Waals surface area contributed by atoms with E-state index < -0.39 is 0 Å². The molecule has 0 amide bonds. The molecule has 3 N–H and O–H groups in total. The fraction of sp³-hybridized carbons (Fsp3) is 0.455. The van der Waals surface area contributed by atoms with E-state index in [-0.39, 0.29) is 5.82 Å². The van der Waals surface area contributed by atoms with Gasteiger partial charge in [-0.15, -0.1) is 0 Å². The van der Waals surface area contributed by atoms with Crippen molar-refractivity contribution in [2.24, 2.45) is 5.73 Å². The highest BCUT2D eigenvalue weighted by Gasteiger charge is 2.04. The number of nitrogens with zero attached hydrogens (tertiary/aromatic N) is 1. The molecule has 0 aliphatic carbocycles. The average Bonchev–Trinajstić information content (AvgIpc) is 2.17. The third kappa shape index (κ3) is 3.49. The van der Waals surface area contributed by atoms with Gasteiger partial charge in [0.05, 0.1) is 5.69 Å². The first-order valence-corrected chi connectivity index (χ1v) is 5.01. The van der Waals surface area contributed by atoms with Crippen LogP contribution in [0.4, 0.5) is 10.1 Å². The van der Waals surface area contributed by atoms with Crippen molar-refractivity contribution in [1.82, 2.24) is 5.32 Å². The van der Waals surface area contributed by atoms with Crippen molar-refractivity contribution >= 4 is 5.69 Å². The quantitative estimate of drug-likeness (QED) is 0.712. The maximum Gasteiger partial charge on any atom is 0.146 e. The van der Waals surface area contributed by atoms with E-state index in [1.54, 1.807) is 17.0 Å². The Morgan fingerprint density at radius 3 is 2.67 bits per heavy atom. The minimum Gasteiger partial charge on any atom is -0.375 e. The van der Waals surface area contributed by atoms with Crippen LogP contribution in [-0.2, 0) is 6.54 Å². The minimum absolute atomic E-state index is 0.188. The molecule has 0 fully saturated rings. The Morgan fingerprint density at radius 2 is 2.13 bits per heavy atom. The van der Waals surface area contributed by atoms with Gasteiger partial charge >= 0.3 is 0 Å². The van der Waals surface area contributed by atoms with Crippen LogP contribution in [0.3, 0.4) is 0 Å². The zero-order chi connectivity index (χ0) is 11.3. The number of rotatable bonds is 5. The van der Waals surface area contributed by atoms with Crippen molar-refractivity contribution in [3.8, 4) is 0 Å². The molecule has 0 heterocycles. The van der Waals surface area contributed by atoms with E-state index in [1.807, 2.05) is 20.2 Å². The first-order valence-electron chi connectivity index (χ1n) is 5.01. The summed E-state index contributed by atoms with van der Waals surface area (Å²) in [7, 11) is 3.65. The number of hydrogen-bond acceptors (Lipinski definition) is 3. The van der Waals surface area contributed by atoms with E-state index in [9.17, 15) is 4.39 Å². The fourth-order valence-electron chi connectivity index (χ4n) is 1.36. The molecule has 84 valence electrons. The van der Waals surface area contributed by atoms with E-state index in [4.69, 9.17) is 5.73 Å². The minimum atomic E-state index is -0.188. The molecule has 0 aliphatic rings. The molecule has 1 rings (SSSR count). The molecule has 1 aromatic rings. The van der Waals surface area contributed by atoms with Gasteiger partial charge in [0.2, 0.25) is 0 Å².